The van der Waals surface area contributed by atoms with Gasteiger partial charge in [-0.3, -0.25) is 0 Å². The van der Waals surface area contributed by atoms with Gasteiger partial charge in [-0.25, -0.2) is 0 Å². The van der Waals surface area contributed by atoms with E-state index in [0.717, 1.165) is 17.9 Å². The van der Waals surface area contributed by atoms with E-state index in [1.54, 1.807) is 0 Å². The molecule has 0 aromatic rings. The minimum atomic E-state index is 0.709. The lowest BCUT2D eigenvalue weighted by atomic mass is 9.95. The summed E-state index contributed by atoms with van der Waals surface area (Å²) < 4.78 is 0. The molecule has 2 heteroatoms. The molecule has 1 aliphatic heterocycles. The van der Waals surface area contributed by atoms with Crippen LogP contribution in [0, 0.1) is 11.8 Å². The minimum absolute atomic E-state index is 0.709. The Morgan fingerprint density at radius 3 is 2.17 bits per heavy atom. The van der Waals surface area contributed by atoms with Crippen LogP contribution in [-0.4, -0.2) is 37.1 Å². The second kappa shape index (κ2) is 8.16. The highest BCUT2D eigenvalue weighted by atomic mass is 15.2. The smallest absolute Gasteiger partial charge is 0.0217 e. The van der Waals surface area contributed by atoms with Crippen LogP contribution in [0.2, 0.25) is 0 Å². The average molecular weight is 254 g/mol. The summed E-state index contributed by atoms with van der Waals surface area (Å²) in [5, 5.41) is 3.84. The van der Waals surface area contributed by atoms with Crippen molar-refractivity contribution in [2.24, 2.45) is 11.8 Å². The molecule has 2 nitrogen and oxygen atoms in total. The average Bonchev–Trinajstić information content (AvgIpc) is 2.26. The topological polar surface area (TPSA) is 15.3 Å². The Morgan fingerprint density at radius 2 is 1.67 bits per heavy atom. The molecule has 1 heterocycles. The molecular formula is C16H34N2. The van der Waals surface area contributed by atoms with Crippen molar-refractivity contribution in [1.29, 1.82) is 0 Å². The molecule has 0 aromatic heterocycles. The van der Waals surface area contributed by atoms with Crippen LogP contribution < -0.4 is 5.32 Å². The van der Waals surface area contributed by atoms with Crippen LogP contribution in [0.4, 0.5) is 0 Å². The third kappa shape index (κ3) is 6.19. The number of hydrogen-bond donors (Lipinski definition) is 1. The van der Waals surface area contributed by atoms with Crippen molar-refractivity contribution in [2.75, 3.05) is 20.1 Å². The van der Waals surface area contributed by atoms with Crippen LogP contribution >= 0.6 is 0 Å². The molecular weight excluding hydrogens is 220 g/mol. The van der Waals surface area contributed by atoms with Gasteiger partial charge in [-0.15, -0.1) is 0 Å². The maximum Gasteiger partial charge on any atom is 0.0217 e. The zero-order valence-electron chi connectivity index (χ0n) is 13.2. The molecule has 1 saturated heterocycles. The van der Waals surface area contributed by atoms with Crippen LogP contribution in [-0.2, 0) is 0 Å². The summed E-state index contributed by atoms with van der Waals surface area (Å²) >= 11 is 0. The molecule has 0 amide bonds. The molecule has 1 atom stereocenters. The Labute approximate surface area is 115 Å². The lowest BCUT2D eigenvalue weighted by Crippen LogP contribution is -2.46. The molecule has 0 saturated carbocycles. The van der Waals surface area contributed by atoms with Crippen LogP contribution in [0.15, 0.2) is 0 Å². The van der Waals surface area contributed by atoms with Gasteiger partial charge in [-0.1, -0.05) is 34.1 Å². The van der Waals surface area contributed by atoms with Gasteiger partial charge < -0.3 is 10.2 Å². The van der Waals surface area contributed by atoms with E-state index < -0.39 is 0 Å². The molecule has 1 aliphatic rings. The second-order valence-corrected chi connectivity index (χ2v) is 6.99. The first-order chi connectivity index (χ1) is 8.49. The number of nitrogens with one attached hydrogen (secondary N) is 1. The Hall–Kier alpha value is -0.0800. The first kappa shape index (κ1) is 16.0. The van der Waals surface area contributed by atoms with E-state index in [1.165, 1.54) is 45.2 Å². The summed E-state index contributed by atoms with van der Waals surface area (Å²) in [6, 6.07) is 1.47. The quantitative estimate of drug-likeness (QED) is 0.748. The highest BCUT2D eigenvalue weighted by Gasteiger charge is 2.20. The number of likely N-dealkylation sites (tertiary alicyclic amines) is 1. The van der Waals surface area contributed by atoms with Gasteiger partial charge in [0.05, 0.1) is 0 Å². The summed E-state index contributed by atoms with van der Waals surface area (Å²) in [4.78, 5) is 2.54. The lowest BCUT2D eigenvalue weighted by molar-refractivity contribution is 0.173. The zero-order valence-corrected chi connectivity index (χ0v) is 13.2. The Kier molecular flexibility index (Phi) is 7.25. The predicted molar refractivity (Wildman–Crippen MR) is 81.0 cm³/mol. The summed E-state index contributed by atoms with van der Waals surface area (Å²) in [6.45, 7) is 11.8. The van der Waals surface area contributed by atoms with Crippen molar-refractivity contribution >= 4 is 0 Å². The van der Waals surface area contributed by atoms with Crippen LogP contribution in [0.25, 0.3) is 0 Å². The van der Waals surface area contributed by atoms with E-state index in [9.17, 15) is 0 Å². The molecule has 0 spiro atoms. The van der Waals surface area contributed by atoms with Gasteiger partial charge in [0, 0.05) is 18.6 Å². The number of nitrogens with zero attached hydrogens (tertiary/aromatic N) is 1. The Morgan fingerprint density at radius 1 is 1.06 bits per heavy atom. The van der Waals surface area contributed by atoms with Gasteiger partial charge in [0.15, 0.2) is 0 Å². The van der Waals surface area contributed by atoms with Gasteiger partial charge in [-0.05, 0) is 51.1 Å². The second-order valence-electron chi connectivity index (χ2n) is 6.99. The molecule has 18 heavy (non-hydrogen) atoms. The van der Waals surface area contributed by atoms with E-state index in [0.29, 0.717) is 6.04 Å². The Balaban J connectivity index is 2.35. The molecule has 0 aromatic carbocycles. The van der Waals surface area contributed by atoms with Gasteiger partial charge in [0.2, 0.25) is 0 Å². The monoisotopic (exact) mass is 254 g/mol. The molecule has 1 rings (SSSR count). The van der Waals surface area contributed by atoms with Crippen molar-refractivity contribution < 1.29 is 0 Å². The number of likely N-dealkylation sites (N-methyl/N-ethyl adjacent to an activating group) is 1. The largest absolute Gasteiger partial charge is 0.312 e. The van der Waals surface area contributed by atoms with E-state index in [2.05, 4.69) is 45.0 Å². The first-order valence-electron chi connectivity index (χ1n) is 7.92. The number of piperidine rings is 1. The molecule has 1 unspecified atom stereocenters. The minimum Gasteiger partial charge on any atom is -0.312 e. The first-order valence-corrected chi connectivity index (χ1v) is 7.92. The Bertz CT molecular complexity index is 203. The lowest BCUT2D eigenvalue weighted by Gasteiger charge is -2.34. The molecule has 0 aliphatic carbocycles. The summed E-state index contributed by atoms with van der Waals surface area (Å²) in [6.07, 6.45) is 6.80. The normalized spacial score (nSPS) is 22.3. The highest BCUT2D eigenvalue weighted by Crippen LogP contribution is 2.17. The van der Waals surface area contributed by atoms with E-state index in [4.69, 9.17) is 0 Å². The van der Waals surface area contributed by atoms with Gasteiger partial charge in [0.25, 0.3) is 0 Å². The maximum atomic E-state index is 3.84. The standard InChI is InChI=1S/C16H34N2/c1-13(2)10-15(11-14(3)4)17-12-16-8-6-7-9-18(16)5/h13-17H,6-12H2,1-5H3. The molecule has 108 valence electrons. The summed E-state index contributed by atoms with van der Waals surface area (Å²) in [5.41, 5.74) is 0. The predicted octanol–water partition coefficient (Wildman–Crippen LogP) is 3.52. The van der Waals surface area contributed by atoms with Crippen molar-refractivity contribution in [3.63, 3.8) is 0 Å². The zero-order chi connectivity index (χ0) is 13.5. The van der Waals surface area contributed by atoms with Gasteiger partial charge in [0.1, 0.15) is 0 Å². The fourth-order valence-corrected chi connectivity index (χ4v) is 3.11. The fourth-order valence-electron chi connectivity index (χ4n) is 3.11. The fraction of sp³-hybridized carbons (Fsp3) is 1.00. The van der Waals surface area contributed by atoms with Gasteiger partial charge in [-0.2, -0.15) is 0 Å². The molecule has 0 bridgehead atoms. The number of hydrogen-bond acceptors (Lipinski definition) is 2. The molecule has 1 fully saturated rings. The molecule has 0 radical (unpaired) electrons. The van der Waals surface area contributed by atoms with Crippen molar-refractivity contribution in [2.45, 2.75) is 71.9 Å². The van der Waals surface area contributed by atoms with Crippen molar-refractivity contribution in [3.8, 4) is 0 Å². The third-order valence-corrected chi connectivity index (χ3v) is 4.08. The van der Waals surface area contributed by atoms with E-state index >= 15 is 0 Å². The summed E-state index contributed by atoms with van der Waals surface area (Å²) in [5.74, 6) is 1.59. The van der Waals surface area contributed by atoms with Gasteiger partial charge >= 0.3 is 0 Å². The van der Waals surface area contributed by atoms with Crippen molar-refractivity contribution in [3.05, 3.63) is 0 Å². The SMILES string of the molecule is CC(C)CC(CC(C)C)NCC1CCCCN1C. The summed E-state index contributed by atoms with van der Waals surface area (Å²) in [7, 11) is 2.28. The number of rotatable bonds is 7. The maximum absolute atomic E-state index is 3.84. The highest BCUT2D eigenvalue weighted by molar-refractivity contribution is 4.79. The van der Waals surface area contributed by atoms with Crippen LogP contribution in [0.3, 0.4) is 0 Å². The van der Waals surface area contributed by atoms with E-state index in [1.807, 2.05) is 0 Å². The van der Waals surface area contributed by atoms with Crippen LogP contribution in [0.5, 0.6) is 0 Å². The van der Waals surface area contributed by atoms with Crippen molar-refractivity contribution in [1.82, 2.24) is 10.2 Å². The van der Waals surface area contributed by atoms with Crippen LogP contribution in [0.1, 0.15) is 59.8 Å². The third-order valence-electron chi connectivity index (χ3n) is 4.08. The molecule has 1 N–H and O–H groups in total. The van der Waals surface area contributed by atoms with E-state index in [-0.39, 0.29) is 0 Å².